The third-order valence-electron chi connectivity index (χ3n) is 3.97. The molecule has 2 heteroatoms. The van der Waals surface area contributed by atoms with E-state index in [9.17, 15) is 5.11 Å². The molecule has 0 aromatic carbocycles. The van der Waals surface area contributed by atoms with Gasteiger partial charge in [-0.05, 0) is 31.2 Å². The molecule has 1 aliphatic carbocycles. The maximum atomic E-state index is 9.30. The van der Waals surface area contributed by atoms with Crippen LogP contribution in [0.4, 0.5) is 0 Å². The lowest BCUT2D eigenvalue weighted by Crippen LogP contribution is -2.42. The van der Waals surface area contributed by atoms with Crippen LogP contribution in [-0.2, 0) is 0 Å². The zero-order valence-electron chi connectivity index (χ0n) is 10.3. The van der Waals surface area contributed by atoms with Gasteiger partial charge in [-0.15, -0.1) is 0 Å². The van der Waals surface area contributed by atoms with Gasteiger partial charge in [0.2, 0.25) is 0 Å². The lowest BCUT2D eigenvalue weighted by atomic mass is 9.84. The highest BCUT2D eigenvalue weighted by Crippen LogP contribution is 2.24. The van der Waals surface area contributed by atoms with Crippen LogP contribution in [0.3, 0.4) is 0 Å². The predicted octanol–water partition coefficient (Wildman–Crippen LogP) is 2.56. The highest BCUT2D eigenvalue weighted by molar-refractivity contribution is 4.81. The summed E-state index contributed by atoms with van der Waals surface area (Å²) < 4.78 is 0. The van der Waals surface area contributed by atoms with Crippen LogP contribution < -0.4 is 5.32 Å². The van der Waals surface area contributed by atoms with Gasteiger partial charge < -0.3 is 10.4 Å². The van der Waals surface area contributed by atoms with Crippen molar-refractivity contribution in [3.63, 3.8) is 0 Å². The zero-order chi connectivity index (χ0) is 11.1. The average Bonchev–Trinajstić information content (AvgIpc) is 2.31. The van der Waals surface area contributed by atoms with Crippen LogP contribution in [0, 0.1) is 11.8 Å². The summed E-state index contributed by atoms with van der Waals surface area (Å²) in [5.41, 5.74) is 0. The molecular formula is C13H27NO. The molecule has 0 aromatic rings. The fourth-order valence-corrected chi connectivity index (χ4v) is 2.59. The Bertz CT molecular complexity index is 157. The van der Waals surface area contributed by atoms with E-state index >= 15 is 0 Å². The Morgan fingerprint density at radius 2 is 1.87 bits per heavy atom. The van der Waals surface area contributed by atoms with Gasteiger partial charge in [-0.2, -0.15) is 0 Å². The molecule has 2 N–H and O–H groups in total. The van der Waals surface area contributed by atoms with Gasteiger partial charge in [0.1, 0.15) is 0 Å². The van der Waals surface area contributed by atoms with E-state index < -0.39 is 0 Å². The minimum absolute atomic E-state index is 0.362. The summed E-state index contributed by atoms with van der Waals surface area (Å²) in [5, 5.41) is 13.0. The molecule has 0 bridgehead atoms. The fourth-order valence-electron chi connectivity index (χ4n) is 2.59. The Balaban J connectivity index is 2.28. The first-order valence-corrected chi connectivity index (χ1v) is 6.66. The number of hydrogen-bond donors (Lipinski definition) is 2. The second-order valence-electron chi connectivity index (χ2n) is 4.92. The average molecular weight is 213 g/mol. The maximum absolute atomic E-state index is 9.30. The van der Waals surface area contributed by atoms with Gasteiger partial charge in [-0.1, -0.05) is 39.5 Å². The lowest BCUT2D eigenvalue weighted by molar-refractivity contribution is 0.149. The van der Waals surface area contributed by atoms with E-state index in [1.54, 1.807) is 0 Å². The van der Waals surface area contributed by atoms with E-state index in [1.165, 1.54) is 38.5 Å². The van der Waals surface area contributed by atoms with Crippen LogP contribution >= 0.6 is 0 Å². The number of nitrogens with one attached hydrogen (secondary N) is 1. The maximum Gasteiger partial charge on any atom is 0.0474 e. The molecule has 1 fully saturated rings. The minimum atomic E-state index is 0.362. The first-order valence-electron chi connectivity index (χ1n) is 6.66. The molecule has 0 heterocycles. The van der Waals surface area contributed by atoms with Gasteiger partial charge in [-0.25, -0.2) is 0 Å². The smallest absolute Gasteiger partial charge is 0.0474 e. The van der Waals surface area contributed by atoms with Crippen molar-refractivity contribution >= 4 is 0 Å². The van der Waals surface area contributed by atoms with Gasteiger partial charge in [-0.3, -0.25) is 0 Å². The largest absolute Gasteiger partial charge is 0.396 e. The Hall–Kier alpha value is -0.0800. The van der Waals surface area contributed by atoms with Crippen LogP contribution in [0.1, 0.15) is 52.4 Å². The molecule has 2 nitrogen and oxygen atoms in total. The number of hydrogen-bond acceptors (Lipinski definition) is 2. The summed E-state index contributed by atoms with van der Waals surface area (Å²) in [5.74, 6) is 1.32. The molecule has 0 aliphatic heterocycles. The lowest BCUT2D eigenvalue weighted by Gasteiger charge is -2.32. The third-order valence-corrected chi connectivity index (χ3v) is 3.97. The highest BCUT2D eigenvalue weighted by atomic mass is 16.3. The van der Waals surface area contributed by atoms with Crippen LogP contribution in [-0.4, -0.2) is 24.3 Å². The third kappa shape index (κ3) is 4.12. The minimum Gasteiger partial charge on any atom is -0.396 e. The van der Waals surface area contributed by atoms with Crippen molar-refractivity contribution in [2.75, 3.05) is 13.2 Å². The van der Waals surface area contributed by atoms with Gasteiger partial charge >= 0.3 is 0 Å². The van der Waals surface area contributed by atoms with E-state index in [0.29, 0.717) is 18.6 Å². The van der Waals surface area contributed by atoms with Crippen LogP contribution in [0.5, 0.6) is 0 Å². The van der Waals surface area contributed by atoms with Crippen molar-refractivity contribution in [3.05, 3.63) is 0 Å². The van der Waals surface area contributed by atoms with Gasteiger partial charge in [0.05, 0.1) is 0 Å². The van der Waals surface area contributed by atoms with Crippen molar-refractivity contribution in [1.82, 2.24) is 5.32 Å². The SMILES string of the molecule is CCC(CC)CNC1CCCCC1CO. The predicted molar refractivity (Wildman–Crippen MR) is 64.9 cm³/mol. The highest BCUT2D eigenvalue weighted by Gasteiger charge is 2.24. The Kier molecular flexibility index (Phi) is 6.26. The summed E-state index contributed by atoms with van der Waals surface area (Å²) in [6.45, 7) is 6.02. The van der Waals surface area contributed by atoms with E-state index in [4.69, 9.17) is 0 Å². The first-order chi connectivity index (χ1) is 7.31. The normalized spacial score (nSPS) is 27.2. The zero-order valence-corrected chi connectivity index (χ0v) is 10.3. The van der Waals surface area contributed by atoms with Crippen LogP contribution in [0.15, 0.2) is 0 Å². The second-order valence-corrected chi connectivity index (χ2v) is 4.92. The molecule has 15 heavy (non-hydrogen) atoms. The molecule has 1 aliphatic rings. The van der Waals surface area contributed by atoms with Crippen molar-refractivity contribution < 1.29 is 5.11 Å². The standard InChI is InChI=1S/C13H27NO/c1-3-11(4-2)9-14-13-8-6-5-7-12(13)10-15/h11-15H,3-10H2,1-2H3. The van der Waals surface area contributed by atoms with Gasteiger partial charge in [0, 0.05) is 12.6 Å². The Morgan fingerprint density at radius 3 is 2.47 bits per heavy atom. The summed E-state index contributed by atoms with van der Waals surface area (Å²) in [4.78, 5) is 0. The number of aliphatic hydroxyl groups is 1. The molecule has 1 rings (SSSR count). The fraction of sp³-hybridized carbons (Fsp3) is 1.00. The molecule has 0 radical (unpaired) electrons. The van der Waals surface area contributed by atoms with Crippen LogP contribution in [0.25, 0.3) is 0 Å². The quantitative estimate of drug-likeness (QED) is 0.711. The summed E-state index contributed by atoms with van der Waals surface area (Å²) >= 11 is 0. The van der Waals surface area contributed by atoms with E-state index in [-0.39, 0.29) is 0 Å². The van der Waals surface area contributed by atoms with Gasteiger partial charge in [0.25, 0.3) is 0 Å². The summed E-state index contributed by atoms with van der Waals surface area (Å²) in [6.07, 6.45) is 7.62. The molecule has 2 atom stereocenters. The summed E-state index contributed by atoms with van der Waals surface area (Å²) in [6, 6.07) is 0.573. The van der Waals surface area contributed by atoms with Crippen LogP contribution in [0.2, 0.25) is 0 Å². The van der Waals surface area contributed by atoms with E-state index in [2.05, 4.69) is 19.2 Å². The summed E-state index contributed by atoms with van der Waals surface area (Å²) in [7, 11) is 0. The molecule has 0 amide bonds. The number of aliphatic hydroxyl groups excluding tert-OH is 1. The molecule has 0 spiro atoms. The van der Waals surface area contributed by atoms with Crippen molar-refractivity contribution in [2.24, 2.45) is 11.8 Å². The number of rotatable bonds is 6. The molecular weight excluding hydrogens is 186 g/mol. The van der Waals surface area contributed by atoms with Crippen molar-refractivity contribution in [3.8, 4) is 0 Å². The second kappa shape index (κ2) is 7.24. The molecule has 0 aromatic heterocycles. The topological polar surface area (TPSA) is 32.3 Å². The van der Waals surface area contributed by atoms with Crippen molar-refractivity contribution in [2.45, 2.75) is 58.4 Å². The Labute approximate surface area is 94.5 Å². The first kappa shape index (κ1) is 13.0. The Morgan fingerprint density at radius 1 is 1.20 bits per heavy atom. The molecule has 1 saturated carbocycles. The van der Waals surface area contributed by atoms with Crippen molar-refractivity contribution in [1.29, 1.82) is 0 Å². The molecule has 2 unspecified atom stereocenters. The van der Waals surface area contributed by atoms with Gasteiger partial charge in [0.15, 0.2) is 0 Å². The monoisotopic (exact) mass is 213 g/mol. The molecule has 90 valence electrons. The van der Waals surface area contributed by atoms with E-state index in [0.717, 1.165) is 12.5 Å². The molecule has 0 saturated heterocycles. The van der Waals surface area contributed by atoms with E-state index in [1.807, 2.05) is 0 Å².